The summed E-state index contributed by atoms with van der Waals surface area (Å²) in [4.78, 5) is 0. The summed E-state index contributed by atoms with van der Waals surface area (Å²) in [6, 6.07) is 0. The van der Waals surface area contributed by atoms with Crippen LogP contribution in [0.1, 0.15) is 2.85 Å². The Labute approximate surface area is 154 Å². The van der Waals surface area contributed by atoms with E-state index in [1.54, 1.807) is 0 Å². The summed E-state index contributed by atoms with van der Waals surface area (Å²) in [6.45, 7) is 0. The standard InChI is InChI=1S/Ca.3ClH.K.Na.2H/h;3*1H;;;;/q+2;;;;2*+1;2*-1/p-2. The van der Waals surface area contributed by atoms with Crippen LogP contribution >= 0.6 is 12.4 Å². The molecular formula is H3CaCl3KNa. The SMILES string of the molecule is Cl.[Ca+2].[Cl-].[Cl-].[H-].[H-].[K+].[Na+]. The van der Waals surface area contributed by atoms with Crippen molar-refractivity contribution in [3.05, 3.63) is 0 Å². The van der Waals surface area contributed by atoms with Crippen molar-refractivity contribution in [3.63, 3.8) is 0 Å². The van der Waals surface area contributed by atoms with E-state index in [0.29, 0.717) is 0 Å². The van der Waals surface area contributed by atoms with Crippen molar-refractivity contribution < 1.29 is 109 Å². The van der Waals surface area contributed by atoms with E-state index in [2.05, 4.69) is 0 Å². The second-order valence-electron chi connectivity index (χ2n) is 0. The van der Waals surface area contributed by atoms with E-state index in [1.165, 1.54) is 0 Å². The van der Waals surface area contributed by atoms with Gasteiger partial charge in [0.05, 0.1) is 0 Å². The summed E-state index contributed by atoms with van der Waals surface area (Å²) in [5, 5.41) is 0. The number of hydrogen-bond acceptors (Lipinski definition) is 0. The molecule has 0 aliphatic carbocycles. The van der Waals surface area contributed by atoms with E-state index in [9.17, 15) is 0 Å². The van der Waals surface area contributed by atoms with Crippen molar-refractivity contribution in [3.8, 4) is 0 Å². The van der Waals surface area contributed by atoms with Crippen LogP contribution in [-0.4, -0.2) is 37.7 Å². The number of hydrogen-bond donors (Lipinski definition) is 0. The molecule has 0 aliphatic heterocycles. The zero-order valence-corrected chi connectivity index (χ0v) is 13.5. The summed E-state index contributed by atoms with van der Waals surface area (Å²) in [5.41, 5.74) is 0. The molecule has 0 spiro atoms. The molecule has 0 aliphatic rings. The molecule has 0 aromatic heterocycles. The summed E-state index contributed by atoms with van der Waals surface area (Å²) in [7, 11) is 0. The number of rotatable bonds is 0. The molecule has 0 amide bonds. The fraction of sp³-hybridized carbons (Fsp3) is 0. The van der Waals surface area contributed by atoms with Gasteiger partial charge in [0.15, 0.2) is 0 Å². The van der Waals surface area contributed by atoms with E-state index < -0.39 is 0 Å². The Balaban J connectivity index is 0. The third-order valence-corrected chi connectivity index (χ3v) is 0. The van der Waals surface area contributed by atoms with E-state index >= 15 is 0 Å². The van der Waals surface area contributed by atoms with E-state index in [1.807, 2.05) is 0 Å². The molecule has 0 saturated carbocycles. The third-order valence-electron chi connectivity index (χ3n) is 0. The normalized spacial score (nSPS) is 0. The van der Waals surface area contributed by atoms with Gasteiger partial charge in [-0.15, -0.1) is 12.4 Å². The number of halogens is 3. The Kier molecular flexibility index (Phi) is 249. The van der Waals surface area contributed by atoms with Gasteiger partial charge in [0.2, 0.25) is 0 Å². The molecule has 6 heavy (non-hydrogen) atoms. The molecule has 28 valence electrons. The Morgan fingerprint density at radius 2 is 1.00 bits per heavy atom. The van der Waals surface area contributed by atoms with Crippen LogP contribution in [-0.2, 0) is 0 Å². The largest absolute Gasteiger partial charge is 2.00 e. The summed E-state index contributed by atoms with van der Waals surface area (Å²) < 4.78 is 0. The van der Waals surface area contributed by atoms with Gasteiger partial charge in [0.1, 0.15) is 0 Å². The van der Waals surface area contributed by atoms with Crippen LogP contribution in [0.2, 0.25) is 0 Å². The van der Waals surface area contributed by atoms with Gasteiger partial charge in [-0.2, -0.15) is 0 Å². The van der Waals surface area contributed by atoms with Crippen molar-refractivity contribution in [1.29, 1.82) is 0 Å². The molecular weight excluding hydrogens is 209 g/mol. The molecule has 0 aromatic rings. The Hall–Kier alpha value is 4.77. The first kappa shape index (κ1) is 45.2. The van der Waals surface area contributed by atoms with Crippen molar-refractivity contribution in [2.75, 3.05) is 0 Å². The first-order chi connectivity index (χ1) is 0. The van der Waals surface area contributed by atoms with Crippen LogP contribution in [0.5, 0.6) is 0 Å². The predicted octanol–water partition coefficient (Wildman–Crippen LogP) is -11.7. The molecule has 0 nitrogen and oxygen atoms in total. The van der Waals surface area contributed by atoms with E-state index in [4.69, 9.17) is 0 Å². The molecule has 0 heterocycles. The van der Waals surface area contributed by atoms with Gasteiger partial charge in [0, 0.05) is 0 Å². The monoisotopic (exact) mass is 210 g/mol. The molecule has 0 atom stereocenters. The van der Waals surface area contributed by atoms with Gasteiger partial charge < -0.3 is 27.7 Å². The minimum atomic E-state index is 0. The summed E-state index contributed by atoms with van der Waals surface area (Å²) in [6.07, 6.45) is 0. The van der Waals surface area contributed by atoms with Crippen molar-refractivity contribution >= 4 is 50.1 Å². The maximum absolute atomic E-state index is 0. The van der Waals surface area contributed by atoms with Crippen LogP contribution in [0.25, 0.3) is 0 Å². The molecule has 0 N–H and O–H groups in total. The molecule has 0 unspecified atom stereocenters. The Morgan fingerprint density at radius 3 is 1.00 bits per heavy atom. The van der Waals surface area contributed by atoms with Gasteiger partial charge >= 0.3 is 119 Å². The molecule has 0 fully saturated rings. The topological polar surface area (TPSA) is 0 Å². The fourth-order valence-corrected chi connectivity index (χ4v) is 0. The van der Waals surface area contributed by atoms with Crippen LogP contribution in [0.15, 0.2) is 0 Å². The predicted molar refractivity (Wildman–Crippen MR) is 15.2 cm³/mol. The zero-order valence-electron chi connectivity index (χ0n) is 5.87. The van der Waals surface area contributed by atoms with Crippen molar-refractivity contribution in [2.45, 2.75) is 0 Å². The smallest absolute Gasteiger partial charge is 1.00 e. The first-order valence-electron chi connectivity index (χ1n) is 0. The van der Waals surface area contributed by atoms with Crippen LogP contribution in [0.3, 0.4) is 0 Å². The maximum atomic E-state index is 0. The Bertz CT molecular complexity index is 17.2. The Morgan fingerprint density at radius 1 is 1.00 bits per heavy atom. The van der Waals surface area contributed by atoms with E-state index in [0.717, 1.165) is 0 Å². The van der Waals surface area contributed by atoms with Crippen molar-refractivity contribution in [2.24, 2.45) is 0 Å². The maximum Gasteiger partial charge on any atom is 2.00 e. The third kappa shape index (κ3) is 23.3. The summed E-state index contributed by atoms with van der Waals surface area (Å²) in [5.74, 6) is 0. The quantitative estimate of drug-likeness (QED) is 0.349. The van der Waals surface area contributed by atoms with E-state index in [-0.39, 0.29) is 159 Å². The minimum absolute atomic E-state index is 0. The van der Waals surface area contributed by atoms with Crippen LogP contribution in [0.4, 0.5) is 0 Å². The van der Waals surface area contributed by atoms with Crippen LogP contribution in [0, 0.1) is 0 Å². The van der Waals surface area contributed by atoms with Gasteiger partial charge in [-0.3, -0.25) is 0 Å². The average molecular weight is 212 g/mol. The van der Waals surface area contributed by atoms with Crippen LogP contribution < -0.4 is 106 Å². The minimum Gasteiger partial charge on any atom is -1.00 e. The molecule has 0 radical (unpaired) electrons. The second kappa shape index (κ2) is 33.0. The van der Waals surface area contributed by atoms with Gasteiger partial charge in [-0.05, 0) is 0 Å². The molecule has 0 saturated heterocycles. The second-order valence-corrected chi connectivity index (χ2v) is 0. The fourth-order valence-electron chi connectivity index (χ4n) is 0. The average Bonchev–Trinajstić information content (AvgIpc) is 0. The van der Waals surface area contributed by atoms with Gasteiger partial charge in [0.25, 0.3) is 0 Å². The molecule has 0 rings (SSSR count). The first-order valence-corrected chi connectivity index (χ1v) is 0. The summed E-state index contributed by atoms with van der Waals surface area (Å²) >= 11 is 0. The van der Waals surface area contributed by atoms with Gasteiger partial charge in [-0.25, -0.2) is 0 Å². The molecule has 6 heteroatoms. The van der Waals surface area contributed by atoms with Crippen molar-refractivity contribution in [1.82, 2.24) is 0 Å². The molecule has 0 bridgehead atoms. The van der Waals surface area contributed by atoms with Gasteiger partial charge in [-0.1, -0.05) is 0 Å². The zero-order chi connectivity index (χ0) is 0. The molecule has 0 aromatic carbocycles.